The Bertz CT molecular complexity index is 1440. The van der Waals surface area contributed by atoms with E-state index in [1.807, 2.05) is 30.3 Å². The van der Waals surface area contributed by atoms with Crippen LogP contribution >= 0.6 is 15.0 Å². The average molecular weight is 521 g/mol. The summed E-state index contributed by atoms with van der Waals surface area (Å²) in [4.78, 5) is 11.2. The predicted molar refractivity (Wildman–Crippen MR) is 158 cm³/mol. The van der Waals surface area contributed by atoms with Gasteiger partial charge in [-0.2, -0.15) is 0 Å². The van der Waals surface area contributed by atoms with Crippen molar-refractivity contribution in [1.29, 1.82) is 0 Å². The zero-order valence-corrected chi connectivity index (χ0v) is 22.0. The van der Waals surface area contributed by atoms with E-state index in [2.05, 4.69) is 97.1 Å². The summed E-state index contributed by atoms with van der Waals surface area (Å²) >= 11 is 0. The molecule has 0 aliphatic heterocycles. The first-order valence-corrected chi connectivity index (χ1v) is 15.5. The molecule has 0 aromatic heterocycles. The van der Waals surface area contributed by atoms with Gasteiger partial charge in [0.1, 0.15) is 0 Å². The Morgan fingerprint density at radius 1 is 0.622 bits per heavy atom. The number of rotatable bonds is 8. The molecule has 0 spiro atoms. The van der Waals surface area contributed by atoms with Gasteiger partial charge >= 0.3 is 0 Å². The lowest BCUT2D eigenvalue weighted by atomic mass is 10.3. The molecule has 5 rings (SSSR count). The SMILES string of the molecule is O=[N+]([O-])c1cccc(N=P(CP(c2ccccc2)c2ccccc2)(c2ccccc2)c2ccccc2)c1. The van der Waals surface area contributed by atoms with E-state index >= 15 is 0 Å². The van der Waals surface area contributed by atoms with Crippen LogP contribution in [0.3, 0.4) is 0 Å². The van der Waals surface area contributed by atoms with Crippen molar-refractivity contribution in [2.45, 2.75) is 0 Å². The van der Waals surface area contributed by atoms with E-state index < -0.39 is 15.0 Å². The lowest BCUT2D eigenvalue weighted by Crippen LogP contribution is -2.23. The van der Waals surface area contributed by atoms with Crippen LogP contribution in [-0.4, -0.2) is 10.8 Å². The van der Waals surface area contributed by atoms with Crippen LogP contribution in [0.1, 0.15) is 0 Å². The van der Waals surface area contributed by atoms with Gasteiger partial charge in [-0.3, -0.25) is 14.9 Å². The number of hydrogen-bond donors (Lipinski definition) is 0. The highest BCUT2D eigenvalue weighted by Crippen LogP contribution is 2.58. The molecule has 0 unspecified atom stereocenters. The van der Waals surface area contributed by atoms with Crippen LogP contribution in [0.4, 0.5) is 11.4 Å². The summed E-state index contributed by atoms with van der Waals surface area (Å²) < 4.78 is 5.49. The lowest BCUT2D eigenvalue weighted by Gasteiger charge is -2.31. The van der Waals surface area contributed by atoms with Crippen LogP contribution in [-0.2, 0) is 0 Å². The van der Waals surface area contributed by atoms with Crippen molar-refractivity contribution >= 4 is 47.6 Å². The molecule has 6 heteroatoms. The molecule has 0 aliphatic carbocycles. The lowest BCUT2D eigenvalue weighted by molar-refractivity contribution is -0.384. The molecule has 0 fully saturated rings. The zero-order valence-electron chi connectivity index (χ0n) is 20.2. The fourth-order valence-corrected chi connectivity index (χ4v) is 12.7. The van der Waals surface area contributed by atoms with Crippen molar-refractivity contribution in [2.75, 3.05) is 5.90 Å². The first-order valence-electron chi connectivity index (χ1n) is 12.0. The van der Waals surface area contributed by atoms with E-state index in [1.165, 1.54) is 16.7 Å². The van der Waals surface area contributed by atoms with E-state index in [-0.39, 0.29) is 10.6 Å². The molecule has 5 aromatic rings. The molecule has 0 N–H and O–H groups in total. The molecule has 37 heavy (non-hydrogen) atoms. The summed E-state index contributed by atoms with van der Waals surface area (Å²) in [5, 5.41) is 16.5. The minimum absolute atomic E-state index is 0.0499. The Hall–Kier alpha value is -3.84. The van der Waals surface area contributed by atoms with Crippen molar-refractivity contribution < 1.29 is 4.92 Å². The third-order valence-electron chi connectivity index (χ3n) is 6.18. The summed E-state index contributed by atoms with van der Waals surface area (Å²) in [6.45, 7) is 0. The van der Waals surface area contributed by atoms with Crippen LogP contribution in [0.15, 0.2) is 150 Å². The van der Waals surface area contributed by atoms with Crippen molar-refractivity contribution in [3.8, 4) is 0 Å². The van der Waals surface area contributed by atoms with Crippen molar-refractivity contribution in [1.82, 2.24) is 0 Å². The first kappa shape index (κ1) is 24.8. The minimum Gasteiger partial charge on any atom is -0.258 e. The molecule has 0 heterocycles. The predicted octanol–water partition coefficient (Wildman–Crippen LogP) is 7.17. The van der Waals surface area contributed by atoms with E-state index in [9.17, 15) is 10.1 Å². The summed E-state index contributed by atoms with van der Waals surface area (Å²) in [5.41, 5.74) is 0.681. The van der Waals surface area contributed by atoms with Gasteiger partial charge in [0, 0.05) is 25.1 Å². The third kappa shape index (κ3) is 5.62. The van der Waals surface area contributed by atoms with Crippen LogP contribution in [0.25, 0.3) is 0 Å². The van der Waals surface area contributed by atoms with E-state index in [1.54, 1.807) is 12.1 Å². The van der Waals surface area contributed by atoms with Gasteiger partial charge in [-0.05, 0) is 35.2 Å². The number of nitrogens with zero attached hydrogens (tertiary/aromatic N) is 2. The molecule has 0 atom stereocenters. The summed E-state index contributed by atoms with van der Waals surface area (Å²) in [7, 11) is -3.21. The molecule has 5 aromatic carbocycles. The Balaban J connectivity index is 1.81. The molecule has 0 saturated heterocycles. The number of non-ortho nitro benzene ring substituents is 1. The van der Waals surface area contributed by atoms with Crippen molar-refractivity contribution in [2.24, 2.45) is 4.74 Å². The van der Waals surface area contributed by atoms with Gasteiger partial charge in [0.05, 0.1) is 10.6 Å². The zero-order chi connectivity index (χ0) is 25.5. The van der Waals surface area contributed by atoms with Crippen LogP contribution in [0.5, 0.6) is 0 Å². The highest BCUT2D eigenvalue weighted by molar-refractivity contribution is 7.92. The number of benzene rings is 5. The molecular weight excluding hydrogens is 494 g/mol. The van der Waals surface area contributed by atoms with E-state index in [0.717, 1.165) is 16.5 Å². The minimum atomic E-state index is -2.43. The van der Waals surface area contributed by atoms with Gasteiger partial charge in [-0.1, -0.05) is 127 Å². The first-order chi connectivity index (χ1) is 18.2. The van der Waals surface area contributed by atoms with Crippen LogP contribution in [0, 0.1) is 10.1 Å². The van der Waals surface area contributed by atoms with Gasteiger partial charge in [-0.15, -0.1) is 0 Å². The Kier molecular flexibility index (Phi) is 7.70. The highest BCUT2D eigenvalue weighted by atomic mass is 31.2. The highest BCUT2D eigenvalue weighted by Gasteiger charge is 2.30. The maximum absolute atomic E-state index is 11.6. The maximum atomic E-state index is 11.6. The molecule has 182 valence electrons. The second kappa shape index (κ2) is 11.5. The molecule has 0 bridgehead atoms. The molecule has 0 saturated carbocycles. The monoisotopic (exact) mass is 520 g/mol. The number of hydrogen-bond acceptors (Lipinski definition) is 3. The molecule has 0 radical (unpaired) electrons. The van der Waals surface area contributed by atoms with Gasteiger partial charge < -0.3 is 0 Å². The van der Waals surface area contributed by atoms with Gasteiger partial charge in [0.15, 0.2) is 0 Å². The average Bonchev–Trinajstić information content (AvgIpc) is 2.97. The normalized spacial score (nSPS) is 11.3. The molecular formula is C31H26N2O2P2. The summed E-state index contributed by atoms with van der Waals surface area (Å²) in [5.74, 6) is 0.813. The smallest absolute Gasteiger partial charge is 0.258 e. The van der Waals surface area contributed by atoms with Crippen molar-refractivity contribution in [3.63, 3.8) is 0 Å². The Morgan fingerprint density at radius 2 is 1.08 bits per heavy atom. The molecule has 0 aliphatic rings. The van der Waals surface area contributed by atoms with E-state index in [4.69, 9.17) is 4.74 Å². The summed E-state index contributed by atoms with van der Waals surface area (Å²) in [6.07, 6.45) is 0. The van der Waals surface area contributed by atoms with Gasteiger partial charge in [0.2, 0.25) is 0 Å². The number of nitro groups is 1. The Morgan fingerprint density at radius 3 is 1.54 bits per heavy atom. The van der Waals surface area contributed by atoms with Gasteiger partial charge in [-0.25, -0.2) is 0 Å². The van der Waals surface area contributed by atoms with Gasteiger partial charge in [0.25, 0.3) is 5.69 Å². The quantitative estimate of drug-likeness (QED) is 0.124. The fourth-order valence-electron chi connectivity index (χ4n) is 4.41. The third-order valence-corrected chi connectivity index (χ3v) is 13.7. The summed E-state index contributed by atoms with van der Waals surface area (Å²) in [6, 6.07) is 48.9. The molecule has 4 nitrogen and oxygen atoms in total. The largest absolute Gasteiger partial charge is 0.271 e. The number of nitro benzene ring substituents is 1. The van der Waals surface area contributed by atoms with Crippen molar-refractivity contribution in [3.05, 3.63) is 156 Å². The molecule has 0 amide bonds. The standard InChI is InChI=1S/C31H26N2O2P2/c34-33(35)27-15-13-14-26(24-27)32-37(30-20-9-3-10-21-30,31-22-11-4-12-23-31)25-36(28-16-5-1-6-17-28)29-18-7-2-8-19-29/h1-24H,25H2. The second-order valence-corrected chi connectivity index (χ2v) is 14.3. The fraction of sp³-hybridized carbons (Fsp3) is 0.0323. The van der Waals surface area contributed by atoms with Crippen LogP contribution in [0.2, 0.25) is 0 Å². The second-order valence-electron chi connectivity index (χ2n) is 8.56. The topological polar surface area (TPSA) is 55.5 Å². The Labute approximate surface area is 218 Å². The van der Waals surface area contributed by atoms with E-state index in [0.29, 0.717) is 5.69 Å². The van der Waals surface area contributed by atoms with Crippen LogP contribution < -0.4 is 21.2 Å². The maximum Gasteiger partial charge on any atom is 0.271 e.